The average molecular weight is 250 g/mol. The van der Waals surface area contributed by atoms with Gasteiger partial charge in [0.2, 0.25) is 0 Å². The van der Waals surface area contributed by atoms with E-state index < -0.39 is 0 Å². The third kappa shape index (κ3) is 4.31. The lowest BCUT2D eigenvalue weighted by molar-refractivity contribution is 0.237. The smallest absolute Gasteiger partial charge is 0.0602 e. The summed E-state index contributed by atoms with van der Waals surface area (Å²) in [7, 11) is 0. The number of rotatable bonds is 7. The van der Waals surface area contributed by atoms with Crippen molar-refractivity contribution >= 4 is 5.69 Å². The number of para-hydroxylation sites is 1. The fourth-order valence-corrected chi connectivity index (χ4v) is 2.22. The molecule has 0 aromatic heterocycles. The van der Waals surface area contributed by atoms with Gasteiger partial charge in [-0.1, -0.05) is 32.0 Å². The number of likely N-dealkylation sites (N-methyl/N-ethyl adjacent to an activating group) is 1. The third-order valence-electron chi connectivity index (χ3n) is 3.07. The SMILES string of the molecule is CCN(CC(CO)NC(C)C)c1ccccc1C. The molecule has 18 heavy (non-hydrogen) atoms. The first-order valence-corrected chi connectivity index (χ1v) is 6.76. The highest BCUT2D eigenvalue weighted by Gasteiger charge is 2.14. The molecule has 1 unspecified atom stereocenters. The van der Waals surface area contributed by atoms with Crippen LogP contribution in [0.25, 0.3) is 0 Å². The molecule has 0 spiro atoms. The van der Waals surface area contributed by atoms with E-state index in [4.69, 9.17) is 0 Å². The van der Waals surface area contributed by atoms with Crippen LogP contribution >= 0.6 is 0 Å². The van der Waals surface area contributed by atoms with Gasteiger partial charge < -0.3 is 15.3 Å². The molecule has 0 saturated heterocycles. The number of hydrogen-bond acceptors (Lipinski definition) is 3. The van der Waals surface area contributed by atoms with Crippen LogP contribution < -0.4 is 10.2 Å². The van der Waals surface area contributed by atoms with Crippen LogP contribution in [0.3, 0.4) is 0 Å². The standard InChI is InChI=1S/C15H26N2O/c1-5-17(10-14(11-18)16-12(2)3)15-9-7-6-8-13(15)4/h6-9,12,14,16,18H,5,10-11H2,1-4H3. The van der Waals surface area contributed by atoms with Crippen LogP contribution in [0, 0.1) is 6.92 Å². The van der Waals surface area contributed by atoms with E-state index in [2.05, 4.69) is 62.2 Å². The van der Waals surface area contributed by atoms with Gasteiger partial charge >= 0.3 is 0 Å². The number of anilines is 1. The van der Waals surface area contributed by atoms with Crippen LogP contribution in [0.5, 0.6) is 0 Å². The maximum atomic E-state index is 9.45. The van der Waals surface area contributed by atoms with Gasteiger partial charge in [-0.3, -0.25) is 0 Å². The van der Waals surface area contributed by atoms with Crippen molar-refractivity contribution in [1.82, 2.24) is 5.32 Å². The lowest BCUT2D eigenvalue weighted by atomic mass is 10.1. The van der Waals surface area contributed by atoms with Gasteiger partial charge in [-0.25, -0.2) is 0 Å². The van der Waals surface area contributed by atoms with E-state index in [9.17, 15) is 5.11 Å². The van der Waals surface area contributed by atoms with Gasteiger partial charge in [0.05, 0.1) is 6.61 Å². The number of aliphatic hydroxyl groups excluding tert-OH is 1. The second-order valence-corrected chi connectivity index (χ2v) is 5.03. The van der Waals surface area contributed by atoms with Gasteiger partial charge in [0.25, 0.3) is 0 Å². The van der Waals surface area contributed by atoms with Crippen molar-refractivity contribution < 1.29 is 5.11 Å². The first-order valence-electron chi connectivity index (χ1n) is 6.76. The maximum absolute atomic E-state index is 9.45. The molecule has 3 heteroatoms. The summed E-state index contributed by atoms with van der Waals surface area (Å²) < 4.78 is 0. The van der Waals surface area contributed by atoms with Gasteiger partial charge in [0.1, 0.15) is 0 Å². The molecule has 0 bridgehead atoms. The minimum absolute atomic E-state index is 0.115. The zero-order valence-electron chi connectivity index (χ0n) is 12.0. The van der Waals surface area contributed by atoms with Crippen LogP contribution in [0.1, 0.15) is 26.3 Å². The molecule has 0 amide bonds. The third-order valence-corrected chi connectivity index (χ3v) is 3.07. The van der Waals surface area contributed by atoms with Crippen molar-refractivity contribution in [3.05, 3.63) is 29.8 Å². The van der Waals surface area contributed by atoms with E-state index in [0.717, 1.165) is 13.1 Å². The number of aliphatic hydroxyl groups is 1. The summed E-state index contributed by atoms with van der Waals surface area (Å²) in [6.07, 6.45) is 0. The molecule has 1 rings (SSSR count). The average Bonchev–Trinajstić information content (AvgIpc) is 2.35. The first-order chi connectivity index (χ1) is 8.58. The van der Waals surface area contributed by atoms with Gasteiger partial charge in [-0.15, -0.1) is 0 Å². The number of nitrogens with one attached hydrogen (secondary N) is 1. The molecule has 0 aliphatic heterocycles. The van der Waals surface area contributed by atoms with Gasteiger partial charge in [0.15, 0.2) is 0 Å². The molecule has 1 aromatic rings. The van der Waals surface area contributed by atoms with E-state index in [0.29, 0.717) is 6.04 Å². The van der Waals surface area contributed by atoms with Crippen molar-refractivity contribution in [2.24, 2.45) is 0 Å². The summed E-state index contributed by atoms with van der Waals surface area (Å²) in [6.45, 7) is 10.4. The predicted octanol–water partition coefficient (Wildman–Crippen LogP) is 2.18. The lowest BCUT2D eigenvalue weighted by Crippen LogP contribution is -2.46. The number of aryl methyl sites for hydroxylation is 1. The summed E-state index contributed by atoms with van der Waals surface area (Å²) in [4.78, 5) is 2.31. The Hall–Kier alpha value is -1.06. The van der Waals surface area contributed by atoms with E-state index in [1.165, 1.54) is 11.3 Å². The monoisotopic (exact) mass is 250 g/mol. The Morgan fingerprint density at radius 2 is 1.94 bits per heavy atom. The van der Waals surface area contributed by atoms with Crippen LogP contribution in [0.2, 0.25) is 0 Å². The molecule has 0 aliphatic rings. The van der Waals surface area contributed by atoms with E-state index in [-0.39, 0.29) is 12.6 Å². The molecular weight excluding hydrogens is 224 g/mol. The fraction of sp³-hybridized carbons (Fsp3) is 0.600. The molecule has 0 saturated carbocycles. The highest BCUT2D eigenvalue weighted by molar-refractivity contribution is 5.53. The van der Waals surface area contributed by atoms with Gasteiger partial charge in [-0.2, -0.15) is 0 Å². The second-order valence-electron chi connectivity index (χ2n) is 5.03. The Morgan fingerprint density at radius 3 is 2.44 bits per heavy atom. The highest BCUT2D eigenvalue weighted by atomic mass is 16.3. The van der Waals surface area contributed by atoms with Gasteiger partial charge in [0, 0.05) is 30.9 Å². The zero-order chi connectivity index (χ0) is 13.5. The van der Waals surface area contributed by atoms with E-state index >= 15 is 0 Å². The zero-order valence-corrected chi connectivity index (χ0v) is 12.0. The van der Waals surface area contributed by atoms with Crippen molar-refractivity contribution in [2.45, 2.75) is 39.8 Å². The molecule has 1 aromatic carbocycles. The molecule has 0 aliphatic carbocycles. The summed E-state index contributed by atoms with van der Waals surface area (Å²) in [6, 6.07) is 8.89. The molecule has 1 atom stereocenters. The number of nitrogens with zero attached hydrogens (tertiary/aromatic N) is 1. The first kappa shape index (κ1) is 15.0. The molecule has 2 N–H and O–H groups in total. The quantitative estimate of drug-likeness (QED) is 0.778. The molecule has 0 fully saturated rings. The van der Waals surface area contributed by atoms with Crippen LogP contribution in [0.15, 0.2) is 24.3 Å². The molecule has 102 valence electrons. The Labute approximate surface area is 111 Å². The number of hydrogen-bond donors (Lipinski definition) is 2. The Kier molecular flexibility index (Phi) is 6.16. The van der Waals surface area contributed by atoms with Crippen molar-refractivity contribution in [3.63, 3.8) is 0 Å². The molecular formula is C15H26N2O. The minimum atomic E-state index is 0.115. The Morgan fingerprint density at radius 1 is 1.28 bits per heavy atom. The number of benzene rings is 1. The van der Waals surface area contributed by atoms with E-state index in [1.54, 1.807) is 0 Å². The van der Waals surface area contributed by atoms with Crippen LogP contribution in [-0.2, 0) is 0 Å². The predicted molar refractivity (Wildman–Crippen MR) is 78.2 cm³/mol. The summed E-state index contributed by atoms with van der Waals surface area (Å²) in [5, 5.41) is 12.8. The summed E-state index contributed by atoms with van der Waals surface area (Å²) in [5.74, 6) is 0. The van der Waals surface area contributed by atoms with Crippen LogP contribution in [-0.4, -0.2) is 36.9 Å². The Balaban J connectivity index is 2.75. The normalized spacial score (nSPS) is 12.8. The fourth-order valence-electron chi connectivity index (χ4n) is 2.22. The lowest BCUT2D eigenvalue weighted by Gasteiger charge is -2.30. The largest absolute Gasteiger partial charge is 0.395 e. The topological polar surface area (TPSA) is 35.5 Å². The second kappa shape index (κ2) is 7.39. The van der Waals surface area contributed by atoms with E-state index in [1.807, 2.05) is 0 Å². The summed E-state index contributed by atoms with van der Waals surface area (Å²) in [5.41, 5.74) is 2.53. The molecule has 0 radical (unpaired) electrons. The van der Waals surface area contributed by atoms with Crippen molar-refractivity contribution in [1.29, 1.82) is 0 Å². The van der Waals surface area contributed by atoms with Gasteiger partial charge in [-0.05, 0) is 25.5 Å². The summed E-state index contributed by atoms with van der Waals surface area (Å²) >= 11 is 0. The molecule has 0 heterocycles. The minimum Gasteiger partial charge on any atom is -0.395 e. The Bertz CT molecular complexity index is 352. The van der Waals surface area contributed by atoms with Crippen molar-refractivity contribution in [3.8, 4) is 0 Å². The van der Waals surface area contributed by atoms with Crippen LogP contribution in [0.4, 0.5) is 5.69 Å². The molecule has 3 nitrogen and oxygen atoms in total. The maximum Gasteiger partial charge on any atom is 0.0602 e. The highest BCUT2D eigenvalue weighted by Crippen LogP contribution is 2.19. The van der Waals surface area contributed by atoms with Crippen molar-refractivity contribution in [2.75, 3.05) is 24.6 Å².